The molecule has 0 spiro atoms. The van der Waals surface area contributed by atoms with E-state index in [2.05, 4.69) is 73.5 Å². The third-order valence-electron chi connectivity index (χ3n) is 18.9. The Morgan fingerprint density at radius 2 is 0.430 bits per heavy atom. The molecule has 93 heavy (non-hydrogen) atoms. The highest BCUT2D eigenvalue weighted by Gasteiger charge is 2.38. The van der Waals surface area contributed by atoms with Gasteiger partial charge in [0.2, 0.25) is 0 Å². The lowest BCUT2D eigenvalue weighted by atomic mass is 9.92. The van der Waals surface area contributed by atoms with E-state index < -0.39 is 29.3 Å². The van der Waals surface area contributed by atoms with Gasteiger partial charge in [-0.2, -0.15) is 0 Å². The third kappa shape index (κ3) is 40.2. The molecule has 0 fully saturated rings. The van der Waals surface area contributed by atoms with E-state index in [0.717, 1.165) is 51.4 Å². The summed E-state index contributed by atoms with van der Waals surface area (Å²) in [5.74, 6) is -1.58. The highest BCUT2D eigenvalue weighted by Crippen LogP contribution is 2.29. The van der Waals surface area contributed by atoms with Crippen LogP contribution in [-0.2, 0) is 89.5 Å². The van der Waals surface area contributed by atoms with Crippen molar-refractivity contribution in [2.45, 2.75) is 362 Å². The first-order valence-electron chi connectivity index (χ1n) is 38.5. The maximum Gasteiger partial charge on any atom is 0.306 e. The van der Waals surface area contributed by atoms with Crippen molar-refractivity contribution in [3.8, 4) is 0 Å². The second-order valence-corrected chi connectivity index (χ2v) is 31.3. The Labute approximate surface area is 584 Å². The molecular weight excluding hydrogens is 1230 g/mol. The summed E-state index contributed by atoms with van der Waals surface area (Å²) < 4.78 is 24.7. The van der Waals surface area contributed by atoms with E-state index in [1.54, 1.807) is 45.3 Å². The maximum atomic E-state index is 14.0. The first-order valence-corrected chi connectivity index (χ1v) is 42.0. The molecule has 0 radical (unpaired) electrons. The number of ether oxygens (including phenoxy) is 4. The third-order valence-corrected chi connectivity index (χ3v) is 23.0. The number of hydrogen-bond acceptors (Lipinski definition) is 12. The van der Waals surface area contributed by atoms with Gasteiger partial charge < -0.3 is 18.9 Å². The van der Waals surface area contributed by atoms with Gasteiger partial charge in [0.25, 0.3) is 0 Å². The molecule has 12 heteroatoms. The number of esters is 4. The predicted octanol–water partition coefficient (Wildman–Crippen LogP) is 24.8. The number of aryl methyl sites for hydroxylation is 8. The van der Waals surface area contributed by atoms with Crippen LogP contribution in [0.4, 0.5) is 0 Å². The second-order valence-electron chi connectivity index (χ2n) is 27.3. The molecule has 0 amide bonds. The van der Waals surface area contributed by atoms with E-state index >= 15 is 0 Å². The molecule has 0 aliphatic heterocycles. The molecule has 4 heterocycles. The van der Waals surface area contributed by atoms with Gasteiger partial charge in [-0.3, -0.25) is 19.2 Å². The molecule has 0 unspecified atom stereocenters. The van der Waals surface area contributed by atoms with E-state index in [4.69, 9.17) is 18.9 Å². The molecule has 0 aromatic carbocycles. The fraction of sp³-hybridized carbons (Fsp3) is 0.753. The molecule has 4 rings (SSSR count). The zero-order chi connectivity index (χ0) is 66.3. The number of carbonyl (C=O) groups is 4. The van der Waals surface area contributed by atoms with Crippen molar-refractivity contribution < 1.29 is 38.1 Å². The average Bonchev–Trinajstić information content (AvgIpc) is 1.95. The van der Waals surface area contributed by atoms with Crippen molar-refractivity contribution in [3.63, 3.8) is 0 Å². The fourth-order valence-electron chi connectivity index (χ4n) is 12.8. The van der Waals surface area contributed by atoms with E-state index in [1.807, 2.05) is 0 Å². The molecule has 4 aromatic heterocycles. The largest absolute Gasteiger partial charge is 0.465 e. The summed E-state index contributed by atoms with van der Waals surface area (Å²) in [5.41, 5.74) is 3.90. The monoisotopic (exact) mass is 1360 g/mol. The Hall–Kier alpha value is -3.32. The van der Waals surface area contributed by atoms with Crippen LogP contribution in [0.25, 0.3) is 0 Å². The first-order chi connectivity index (χ1) is 45.7. The van der Waals surface area contributed by atoms with Crippen LogP contribution in [0.15, 0.2) is 45.8 Å². The minimum atomic E-state index is -1.34. The minimum absolute atomic E-state index is 0.174. The Morgan fingerprint density at radius 1 is 0.258 bits per heavy atom. The predicted molar refractivity (Wildman–Crippen MR) is 399 cm³/mol. The van der Waals surface area contributed by atoms with Crippen LogP contribution in [0.3, 0.4) is 0 Å². The normalized spacial score (nSPS) is 11.7. The van der Waals surface area contributed by atoms with Gasteiger partial charge in [0.15, 0.2) is 0 Å². The van der Waals surface area contributed by atoms with Crippen LogP contribution < -0.4 is 0 Å². The lowest BCUT2D eigenvalue weighted by Gasteiger charge is -2.31. The van der Waals surface area contributed by atoms with Gasteiger partial charge in [-0.05, 0) is 145 Å². The molecule has 0 atom stereocenters. The summed E-state index contributed by atoms with van der Waals surface area (Å²) in [4.78, 5) is 60.7. The standard InChI is InChI=1S/C81H132O8S4/c1-5-9-13-17-21-25-29-33-37-41-45-69-57-61-90-73(69)49-53-77(82)86-65-81(66-87-78(83)54-50-74-70(58-62-91-74)46-42-38-34-30-26-22-18-14-10-6-2,67-88-79(84)55-51-75-71(59-63-92-75)47-43-39-35-31-27-23-19-15-11-7-3)68-89-80(85)56-52-76-72(60-64-93-76)48-44-40-36-32-28-24-20-16-12-8-4/h57-64H,5-56,65-68H2,1-4H3. The van der Waals surface area contributed by atoms with Gasteiger partial charge in [0.05, 0.1) is 25.7 Å². The lowest BCUT2D eigenvalue weighted by molar-refractivity contribution is -0.170. The minimum Gasteiger partial charge on any atom is -0.465 e. The highest BCUT2D eigenvalue weighted by atomic mass is 32.1. The maximum absolute atomic E-state index is 14.0. The van der Waals surface area contributed by atoms with Gasteiger partial charge in [0, 0.05) is 19.5 Å². The van der Waals surface area contributed by atoms with E-state index in [0.29, 0.717) is 25.7 Å². The van der Waals surface area contributed by atoms with Crippen molar-refractivity contribution in [1.82, 2.24) is 0 Å². The summed E-state index contributed by atoms with van der Waals surface area (Å²) >= 11 is 6.77. The molecule has 0 aliphatic rings. The van der Waals surface area contributed by atoms with Crippen LogP contribution in [0, 0.1) is 5.41 Å². The van der Waals surface area contributed by atoms with Crippen LogP contribution in [0.5, 0.6) is 0 Å². The number of thiophene rings is 4. The van der Waals surface area contributed by atoms with Crippen molar-refractivity contribution in [2.75, 3.05) is 26.4 Å². The van der Waals surface area contributed by atoms with Crippen molar-refractivity contribution in [3.05, 3.63) is 87.5 Å². The van der Waals surface area contributed by atoms with Gasteiger partial charge in [-0.15, -0.1) is 45.3 Å². The number of rotatable bonds is 64. The quantitative estimate of drug-likeness (QED) is 0.0245. The van der Waals surface area contributed by atoms with Gasteiger partial charge in [0.1, 0.15) is 31.8 Å². The van der Waals surface area contributed by atoms with Crippen LogP contribution >= 0.6 is 45.3 Å². The Bertz CT molecular complexity index is 2110. The number of unbranched alkanes of at least 4 members (excludes halogenated alkanes) is 36. The molecule has 0 aliphatic carbocycles. The summed E-state index contributed by atoms with van der Waals surface area (Å²) in [6.07, 6.45) is 58.7. The van der Waals surface area contributed by atoms with Gasteiger partial charge in [-0.25, -0.2) is 0 Å². The molecule has 0 saturated heterocycles. The Morgan fingerprint density at radius 3 is 0.613 bits per heavy atom. The highest BCUT2D eigenvalue weighted by molar-refractivity contribution is 7.10. The van der Waals surface area contributed by atoms with Gasteiger partial charge >= 0.3 is 23.9 Å². The molecule has 4 aromatic rings. The summed E-state index contributed by atoms with van der Waals surface area (Å²) in [7, 11) is 0. The molecule has 8 nitrogen and oxygen atoms in total. The van der Waals surface area contributed by atoms with E-state index in [9.17, 15) is 19.2 Å². The average molecular weight is 1360 g/mol. The smallest absolute Gasteiger partial charge is 0.306 e. The number of carbonyl (C=O) groups excluding carboxylic acids is 4. The molecule has 528 valence electrons. The Balaban J connectivity index is 1.43. The number of hydrogen-bond donors (Lipinski definition) is 0. The SMILES string of the molecule is CCCCCCCCCCCCc1ccsc1CCC(=O)OCC(COC(=O)CCc1sccc1CCCCCCCCCCCC)(COC(=O)CCc1sccc1CCCCCCCCCCCC)COC(=O)CCc1sccc1CCCCCCCCCCCC. The zero-order valence-corrected chi connectivity index (χ0v) is 62.9. The second kappa shape index (κ2) is 55.7. The Kier molecular flexibility index (Phi) is 49.1. The van der Waals surface area contributed by atoms with Crippen molar-refractivity contribution in [2.24, 2.45) is 5.41 Å². The van der Waals surface area contributed by atoms with E-state index in [-0.39, 0.29) is 52.1 Å². The fourth-order valence-corrected chi connectivity index (χ4v) is 16.5. The zero-order valence-electron chi connectivity index (χ0n) is 59.6. The molecular formula is C81H132O8S4. The van der Waals surface area contributed by atoms with Crippen molar-refractivity contribution >= 4 is 69.2 Å². The topological polar surface area (TPSA) is 105 Å². The van der Waals surface area contributed by atoms with Crippen molar-refractivity contribution in [1.29, 1.82) is 0 Å². The van der Waals surface area contributed by atoms with Crippen LogP contribution in [0.1, 0.15) is 352 Å². The van der Waals surface area contributed by atoms with Crippen LogP contribution in [-0.4, -0.2) is 50.3 Å². The summed E-state index contributed by atoms with van der Waals surface area (Å²) in [5, 5.41) is 8.51. The van der Waals surface area contributed by atoms with E-state index in [1.165, 1.54) is 273 Å². The van der Waals surface area contributed by atoms with Gasteiger partial charge in [-0.1, -0.05) is 259 Å². The molecule has 0 bridgehead atoms. The molecule has 0 saturated carbocycles. The van der Waals surface area contributed by atoms with Crippen LogP contribution in [0.2, 0.25) is 0 Å². The first kappa shape index (κ1) is 82.1. The lowest BCUT2D eigenvalue weighted by Crippen LogP contribution is -2.44. The summed E-state index contributed by atoms with van der Waals surface area (Å²) in [6, 6.07) is 8.81. The summed E-state index contributed by atoms with van der Waals surface area (Å²) in [6.45, 7) is 8.10. The molecule has 0 N–H and O–H groups in total.